The van der Waals surface area contributed by atoms with Crippen molar-refractivity contribution in [1.29, 1.82) is 0 Å². The van der Waals surface area contributed by atoms with Gasteiger partial charge in [0.25, 0.3) is 0 Å². The lowest BCUT2D eigenvalue weighted by Crippen LogP contribution is -2.45. The Labute approximate surface area is 168 Å². The van der Waals surface area contributed by atoms with Crippen molar-refractivity contribution in [1.82, 2.24) is 9.80 Å². The Morgan fingerprint density at radius 3 is 2.39 bits per heavy atom. The molecule has 4 rings (SSSR count). The molecule has 6 heteroatoms. The molecule has 0 spiro atoms. The summed E-state index contributed by atoms with van der Waals surface area (Å²) in [4.78, 5) is 17.3. The van der Waals surface area contributed by atoms with Crippen LogP contribution in [0.1, 0.15) is 12.5 Å². The average Bonchev–Trinajstić information content (AvgIpc) is 2.71. The van der Waals surface area contributed by atoms with E-state index < -0.39 is 5.63 Å². The summed E-state index contributed by atoms with van der Waals surface area (Å²) in [6.07, 6.45) is 0. The number of piperazine rings is 1. The van der Waals surface area contributed by atoms with Crippen LogP contribution in [0.15, 0.2) is 51.7 Å². The Hall–Kier alpha value is -2.34. The number of likely N-dealkylation sites (N-methyl/N-ethyl adjacent to an activating group) is 1. The molecular weight excluding hydrogens is 376 g/mol. The quantitative estimate of drug-likeness (QED) is 0.674. The van der Waals surface area contributed by atoms with Gasteiger partial charge in [0, 0.05) is 43.1 Å². The fourth-order valence-electron chi connectivity index (χ4n) is 3.70. The maximum Gasteiger partial charge on any atom is 0.344 e. The average molecular weight is 399 g/mol. The number of hydrogen-bond donors (Lipinski definition) is 1. The summed E-state index contributed by atoms with van der Waals surface area (Å²) in [6.45, 7) is 7.64. The van der Waals surface area contributed by atoms with Crippen molar-refractivity contribution in [3.8, 4) is 16.9 Å². The maximum absolute atomic E-state index is 12.7. The molecule has 1 aromatic heterocycles. The molecule has 0 bridgehead atoms. The lowest BCUT2D eigenvalue weighted by molar-refractivity contribution is 0.131. The molecule has 0 unspecified atom stereocenters. The van der Waals surface area contributed by atoms with E-state index in [2.05, 4.69) is 16.7 Å². The zero-order valence-electron chi connectivity index (χ0n) is 15.8. The van der Waals surface area contributed by atoms with Crippen LogP contribution in [0.3, 0.4) is 0 Å². The minimum atomic E-state index is -0.419. The number of halogens is 1. The summed E-state index contributed by atoms with van der Waals surface area (Å²) in [5.41, 5.74) is 1.95. The number of phenols is 1. The molecule has 5 nitrogen and oxygen atoms in total. The third kappa shape index (κ3) is 3.78. The molecule has 0 saturated carbocycles. The molecule has 1 N–H and O–H groups in total. The Bertz CT molecular complexity index is 1040. The smallest absolute Gasteiger partial charge is 0.344 e. The Morgan fingerprint density at radius 2 is 1.71 bits per heavy atom. The van der Waals surface area contributed by atoms with Gasteiger partial charge in [0.1, 0.15) is 11.3 Å². The minimum Gasteiger partial charge on any atom is -0.507 e. The molecule has 1 aliphatic rings. The van der Waals surface area contributed by atoms with Crippen LogP contribution >= 0.6 is 11.6 Å². The third-order valence-electron chi connectivity index (χ3n) is 5.43. The Balaban J connectivity index is 1.70. The lowest BCUT2D eigenvalue weighted by Gasteiger charge is -2.34. The van der Waals surface area contributed by atoms with Crippen molar-refractivity contribution in [2.24, 2.45) is 0 Å². The molecule has 0 amide bonds. The van der Waals surface area contributed by atoms with E-state index >= 15 is 0 Å². The molecule has 3 aromatic rings. The topological polar surface area (TPSA) is 56.9 Å². The highest BCUT2D eigenvalue weighted by Crippen LogP contribution is 2.30. The van der Waals surface area contributed by atoms with Gasteiger partial charge in [-0.05, 0) is 42.4 Å². The highest BCUT2D eigenvalue weighted by molar-refractivity contribution is 6.30. The van der Waals surface area contributed by atoms with E-state index in [0.29, 0.717) is 28.3 Å². The van der Waals surface area contributed by atoms with Crippen LogP contribution in [-0.2, 0) is 6.54 Å². The number of fused-ring (bicyclic) bond motifs is 1. The van der Waals surface area contributed by atoms with Crippen molar-refractivity contribution < 1.29 is 9.52 Å². The van der Waals surface area contributed by atoms with Crippen molar-refractivity contribution in [2.45, 2.75) is 13.5 Å². The SMILES string of the molecule is CCN1CCN(Cc2c(O)ccc3cc(-c4ccc(Cl)cc4)c(=O)oc23)CC1. The summed E-state index contributed by atoms with van der Waals surface area (Å²) < 4.78 is 5.69. The Kier molecular flexibility index (Phi) is 5.40. The normalized spacial score (nSPS) is 15.9. The van der Waals surface area contributed by atoms with Crippen LogP contribution in [0.25, 0.3) is 22.1 Å². The molecule has 1 saturated heterocycles. The molecular formula is C22H23ClN2O3. The van der Waals surface area contributed by atoms with E-state index in [0.717, 1.165) is 43.7 Å². The molecule has 2 heterocycles. The van der Waals surface area contributed by atoms with Crippen molar-refractivity contribution in [3.05, 3.63) is 63.5 Å². The highest BCUT2D eigenvalue weighted by Gasteiger charge is 2.20. The fraction of sp³-hybridized carbons (Fsp3) is 0.318. The summed E-state index contributed by atoms with van der Waals surface area (Å²) in [5.74, 6) is 0.160. The monoisotopic (exact) mass is 398 g/mol. The number of nitrogens with zero attached hydrogens (tertiary/aromatic N) is 2. The molecule has 0 atom stereocenters. The van der Waals surface area contributed by atoms with E-state index in [9.17, 15) is 9.90 Å². The van der Waals surface area contributed by atoms with Crippen LogP contribution in [-0.4, -0.2) is 47.6 Å². The second kappa shape index (κ2) is 7.95. The van der Waals surface area contributed by atoms with E-state index in [1.165, 1.54) is 0 Å². The summed E-state index contributed by atoms with van der Waals surface area (Å²) >= 11 is 5.95. The number of aromatic hydroxyl groups is 1. The maximum atomic E-state index is 12.7. The molecule has 1 fully saturated rings. The zero-order valence-corrected chi connectivity index (χ0v) is 16.6. The first-order valence-electron chi connectivity index (χ1n) is 9.54. The molecule has 0 aliphatic carbocycles. The third-order valence-corrected chi connectivity index (χ3v) is 5.68. The number of phenolic OH excluding ortho intramolecular Hbond substituents is 1. The number of hydrogen-bond acceptors (Lipinski definition) is 5. The second-order valence-corrected chi connectivity index (χ2v) is 7.58. The van der Waals surface area contributed by atoms with E-state index in [4.69, 9.17) is 16.0 Å². The first-order chi connectivity index (χ1) is 13.5. The van der Waals surface area contributed by atoms with Gasteiger partial charge in [-0.3, -0.25) is 4.90 Å². The van der Waals surface area contributed by atoms with Gasteiger partial charge in [0.15, 0.2) is 0 Å². The first-order valence-corrected chi connectivity index (χ1v) is 9.92. The summed E-state index contributed by atoms with van der Waals surface area (Å²) in [5, 5.41) is 11.8. The standard InChI is InChI=1S/C22H23ClN2O3/c1-2-24-9-11-25(12-10-24)14-19-20(26)8-5-16-13-18(22(27)28-21(16)19)15-3-6-17(23)7-4-15/h3-8,13,26H,2,9-12,14H2,1H3. The predicted molar refractivity (Wildman–Crippen MR) is 112 cm³/mol. The van der Waals surface area contributed by atoms with Crippen molar-refractivity contribution in [2.75, 3.05) is 32.7 Å². The Morgan fingerprint density at radius 1 is 1.04 bits per heavy atom. The van der Waals surface area contributed by atoms with Crippen molar-refractivity contribution in [3.63, 3.8) is 0 Å². The summed E-state index contributed by atoms with van der Waals surface area (Å²) in [7, 11) is 0. The molecule has 0 radical (unpaired) electrons. The first kappa shape index (κ1) is 19.0. The number of rotatable bonds is 4. The summed E-state index contributed by atoms with van der Waals surface area (Å²) in [6, 6.07) is 12.4. The minimum absolute atomic E-state index is 0.160. The number of benzene rings is 2. The van der Waals surface area contributed by atoms with Crippen molar-refractivity contribution >= 4 is 22.6 Å². The van der Waals surface area contributed by atoms with Crippen LogP contribution in [0, 0.1) is 0 Å². The van der Waals surface area contributed by atoms with Gasteiger partial charge in [-0.2, -0.15) is 0 Å². The van der Waals surface area contributed by atoms with Gasteiger partial charge >= 0.3 is 5.63 Å². The van der Waals surface area contributed by atoms with E-state index in [1.807, 2.05) is 6.07 Å². The molecule has 28 heavy (non-hydrogen) atoms. The van der Waals surface area contributed by atoms with Crippen LogP contribution in [0.5, 0.6) is 5.75 Å². The van der Waals surface area contributed by atoms with Gasteiger partial charge in [-0.15, -0.1) is 0 Å². The van der Waals surface area contributed by atoms with Gasteiger partial charge in [0.2, 0.25) is 0 Å². The van der Waals surface area contributed by atoms with Crippen LogP contribution in [0.4, 0.5) is 0 Å². The van der Waals surface area contributed by atoms with E-state index in [1.54, 1.807) is 36.4 Å². The van der Waals surface area contributed by atoms with Gasteiger partial charge in [0.05, 0.1) is 11.1 Å². The zero-order chi connectivity index (χ0) is 19.7. The molecule has 2 aromatic carbocycles. The second-order valence-electron chi connectivity index (χ2n) is 7.15. The van der Waals surface area contributed by atoms with E-state index in [-0.39, 0.29) is 5.75 Å². The van der Waals surface area contributed by atoms with Crippen LogP contribution in [0.2, 0.25) is 5.02 Å². The largest absolute Gasteiger partial charge is 0.507 e. The molecule has 1 aliphatic heterocycles. The van der Waals surface area contributed by atoms with Gasteiger partial charge < -0.3 is 14.4 Å². The molecule has 146 valence electrons. The predicted octanol–water partition coefficient (Wildman–Crippen LogP) is 3.96. The van der Waals surface area contributed by atoms with Crippen LogP contribution < -0.4 is 5.63 Å². The lowest BCUT2D eigenvalue weighted by atomic mass is 10.0. The fourth-order valence-corrected chi connectivity index (χ4v) is 3.83. The van der Waals surface area contributed by atoms with Gasteiger partial charge in [-0.25, -0.2) is 4.79 Å². The highest BCUT2D eigenvalue weighted by atomic mass is 35.5. The van der Waals surface area contributed by atoms with Gasteiger partial charge in [-0.1, -0.05) is 30.7 Å².